The van der Waals surface area contributed by atoms with E-state index in [1.807, 2.05) is 32.4 Å². The van der Waals surface area contributed by atoms with E-state index in [1.165, 1.54) is 11.1 Å². The molecule has 0 aliphatic carbocycles. The van der Waals surface area contributed by atoms with Crippen LogP contribution in [-0.2, 0) is 13.5 Å². The number of rotatable bonds is 4. The molecule has 0 saturated carbocycles. The summed E-state index contributed by atoms with van der Waals surface area (Å²) in [6, 6.07) is 0. The molecule has 1 heterocycles. The molecule has 0 aliphatic rings. The zero-order valence-corrected chi connectivity index (χ0v) is 9.04. The van der Waals surface area contributed by atoms with Gasteiger partial charge in [0.1, 0.15) is 0 Å². The van der Waals surface area contributed by atoms with Crippen LogP contribution in [0.1, 0.15) is 25.8 Å². The van der Waals surface area contributed by atoms with Crippen LogP contribution < -0.4 is 0 Å². The van der Waals surface area contributed by atoms with E-state index in [4.69, 9.17) is 5.41 Å². The van der Waals surface area contributed by atoms with Crippen molar-refractivity contribution in [2.45, 2.75) is 26.7 Å². The lowest BCUT2D eigenvalue weighted by Crippen LogP contribution is -1.92. The van der Waals surface area contributed by atoms with Gasteiger partial charge in [-0.05, 0) is 31.4 Å². The summed E-state index contributed by atoms with van der Waals surface area (Å²) in [6.07, 6.45) is 7.49. The molecule has 0 amide bonds. The minimum Gasteiger partial charge on any atom is -0.305 e. The predicted octanol–water partition coefficient (Wildman–Crippen LogP) is 2.34. The molecule has 0 aliphatic heterocycles. The fraction of sp³-hybridized carbons (Fsp3) is 0.455. The smallest absolute Gasteiger partial charge is 0.0524 e. The zero-order valence-electron chi connectivity index (χ0n) is 9.04. The first-order valence-corrected chi connectivity index (χ1v) is 4.84. The molecule has 3 heteroatoms. The van der Waals surface area contributed by atoms with Crippen molar-refractivity contribution in [2.24, 2.45) is 7.05 Å². The van der Waals surface area contributed by atoms with Gasteiger partial charge < -0.3 is 5.41 Å². The summed E-state index contributed by atoms with van der Waals surface area (Å²) >= 11 is 0. The molecule has 1 aromatic rings. The molecule has 0 bridgehead atoms. The standard InChI is InChI=1S/C11H17N3/c1-4-11(12)6-9(2)5-10-7-13-14(3)8-10/h6-8,12H,4-5H2,1-3H3/b9-6-,12-11?. The lowest BCUT2D eigenvalue weighted by atomic mass is 10.1. The van der Waals surface area contributed by atoms with Gasteiger partial charge in [-0.2, -0.15) is 5.10 Å². The monoisotopic (exact) mass is 191 g/mol. The highest BCUT2D eigenvalue weighted by molar-refractivity contribution is 5.92. The Bertz CT molecular complexity index is 347. The quantitative estimate of drug-likeness (QED) is 0.729. The predicted molar refractivity (Wildman–Crippen MR) is 58.7 cm³/mol. The first kappa shape index (κ1) is 10.7. The number of aryl methyl sites for hydroxylation is 1. The SMILES string of the molecule is CCC(=N)/C=C(/C)Cc1cnn(C)c1. The number of hydrogen-bond acceptors (Lipinski definition) is 2. The average Bonchev–Trinajstić information content (AvgIpc) is 2.50. The number of nitrogens with zero attached hydrogens (tertiary/aromatic N) is 2. The van der Waals surface area contributed by atoms with Crippen LogP contribution in [0.4, 0.5) is 0 Å². The second-order valence-corrected chi connectivity index (χ2v) is 3.57. The summed E-state index contributed by atoms with van der Waals surface area (Å²) in [5.41, 5.74) is 3.10. The van der Waals surface area contributed by atoms with Crippen LogP contribution in [0.15, 0.2) is 24.0 Å². The van der Waals surface area contributed by atoms with Crippen molar-refractivity contribution in [3.63, 3.8) is 0 Å². The van der Waals surface area contributed by atoms with Crippen molar-refractivity contribution >= 4 is 5.71 Å². The van der Waals surface area contributed by atoms with Crippen molar-refractivity contribution in [1.82, 2.24) is 9.78 Å². The van der Waals surface area contributed by atoms with E-state index in [0.29, 0.717) is 5.71 Å². The van der Waals surface area contributed by atoms with Crippen molar-refractivity contribution < 1.29 is 0 Å². The maximum atomic E-state index is 7.54. The van der Waals surface area contributed by atoms with Gasteiger partial charge in [-0.3, -0.25) is 4.68 Å². The summed E-state index contributed by atoms with van der Waals surface area (Å²) in [4.78, 5) is 0. The summed E-state index contributed by atoms with van der Waals surface area (Å²) < 4.78 is 1.80. The van der Waals surface area contributed by atoms with Gasteiger partial charge in [0.25, 0.3) is 0 Å². The Labute approximate surface area is 85.0 Å². The lowest BCUT2D eigenvalue weighted by Gasteiger charge is -1.98. The minimum absolute atomic E-state index is 0.686. The van der Waals surface area contributed by atoms with Gasteiger partial charge in [0.05, 0.1) is 6.20 Å². The van der Waals surface area contributed by atoms with E-state index < -0.39 is 0 Å². The van der Waals surface area contributed by atoms with E-state index >= 15 is 0 Å². The largest absolute Gasteiger partial charge is 0.305 e. The summed E-state index contributed by atoms with van der Waals surface area (Å²) in [5, 5.41) is 11.6. The topological polar surface area (TPSA) is 41.7 Å². The molecule has 0 atom stereocenters. The number of allylic oxidation sites excluding steroid dienone is 2. The van der Waals surface area contributed by atoms with Gasteiger partial charge in [0, 0.05) is 19.0 Å². The van der Waals surface area contributed by atoms with Crippen molar-refractivity contribution in [3.05, 3.63) is 29.6 Å². The summed E-state index contributed by atoms with van der Waals surface area (Å²) in [5.74, 6) is 0. The molecular weight excluding hydrogens is 174 g/mol. The Kier molecular flexibility index (Phi) is 3.63. The molecule has 76 valence electrons. The van der Waals surface area contributed by atoms with Crippen LogP contribution in [0.25, 0.3) is 0 Å². The van der Waals surface area contributed by atoms with Crippen LogP contribution >= 0.6 is 0 Å². The highest BCUT2D eigenvalue weighted by atomic mass is 15.2. The number of nitrogens with one attached hydrogen (secondary N) is 1. The van der Waals surface area contributed by atoms with Crippen LogP contribution in [0.3, 0.4) is 0 Å². The van der Waals surface area contributed by atoms with Crippen LogP contribution in [0, 0.1) is 5.41 Å². The van der Waals surface area contributed by atoms with Crippen molar-refractivity contribution in [3.8, 4) is 0 Å². The third-order valence-corrected chi connectivity index (χ3v) is 2.04. The number of hydrogen-bond donors (Lipinski definition) is 1. The Morgan fingerprint density at radius 1 is 1.64 bits per heavy atom. The first-order valence-electron chi connectivity index (χ1n) is 4.84. The highest BCUT2D eigenvalue weighted by Gasteiger charge is 1.98. The summed E-state index contributed by atoms with van der Waals surface area (Å²) in [7, 11) is 1.91. The maximum absolute atomic E-state index is 7.54. The number of aromatic nitrogens is 2. The molecule has 0 radical (unpaired) electrons. The Balaban J connectivity index is 2.61. The second-order valence-electron chi connectivity index (χ2n) is 3.57. The Morgan fingerprint density at radius 2 is 2.36 bits per heavy atom. The van der Waals surface area contributed by atoms with Gasteiger partial charge in [-0.15, -0.1) is 0 Å². The minimum atomic E-state index is 0.686. The molecule has 0 spiro atoms. The third kappa shape index (κ3) is 3.17. The van der Waals surface area contributed by atoms with Crippen LogP contribution in [-0.4, -0.2) is 15.5 Å². The van der Waals surface area contributed by atoms with Crippen molar-refractivity contribution in [1.29, 1.82) is 5.41 Å². The molecule has 0 saturated heterocycles. The zero-order chi connectivity index (χ0) is 10.6. The highest BCUT2D eigenvalue weighted by Crippen LogP contribution is 2.06. The van der Waals surface area contributed by atoms with Gasteiger partial charge >= 0.3 is 0 Å². The van der Waals surface area contributed by atoms with Crippen LogP contribution in [0.5, 0.6) is 0 Å². The van der Waals surface area contributed by atoms with E-state index in [9.17, 15) is 0 Å². The van der Waals surface area contributed by atoms with Gasteiger partial charge in [0.15, 0.2) is 0 Å². The fourth-order valence-electron chi connectivity index (χ4n) is 1.34. The van der Waals surface area contributed by atoms with Crippen molar-refractivity contribution in [2.75, 3.05) is 0 Å². The van der Waals surface area contributed by atoms with E-state index in [-0.39, 0.29) is 0 Å². The van der Waals surface area contributed by atoms with E-state index in [0.717, 1.165) is 12.8 Å². The second kappa shape index (κ2) is 4.74. The summed E-state index contributed by atoms with van der Waals surface area (Å²) in [6.45, 7) is 4.05. The van der Waals surface area contributed by atoms with Gasteiger partial charge in [-0.1, -0.05) is 12.5 Å². The third-order valence-electron chi connectivity index (χ3n) is 2.04. The fourth-order valence-corrected chi connectivity index (χ4v) is 1.34. The molecular formula is C11H17N3. The molecule has 0 unspecified atom stereocenters. The van der Waals surface area contributed by atoms with Crippen LogP contribution in [0.2, 0.25) is 0 Å². The first-order chi connectivity index (χ1) is 6.61. The molecule has 1 N–H and O–H groups in total. The van der Waals surface area contributed by atoms with E-state index in [1.54, 1.807) is 4.68 Å². The molecule has 14 heavy (non-hydrogen) atoms. The lowest BCUT2D eigenvalue weighted by molar-refractivity contribution is 0.767. The molecule has 1 aromatic heterocycles. The Hall–Kier alpha value is -1.38. The molecule has 0 fully saturated rings. The molecule has 0 aromatic carbocycles. The average molecular weight is 191 g/mol. The molecule has 1 rings (SSSR count). The van der Waals surface area contributed by atoms with E-state index in [2.05, 4.69) is 12.0 Å². The maximum Gasteiger partial charge on any atom is 0.0524 e. The van der Waals surface area contributed by atoms with Gasteiger partial charge in [0.2, 0.25) is 0 Å². The molecule has 3 nitrogen and oxygen atoms in total. The Morgan fingerprint density at radius 3 is 2.86 bits per heavy atom. The van der Waals surface area contributed by atoms with Gasteiger partial charge in [-0.25, -0.2) is 0 Å². The normalized spacial score (nSPS) is 11.8.